The lowest BCUT2D eigenvalue weighted by molar-refractivity contribution is -0.385. The van der Waals surface area contributed by atoms with Crippen LogP contribution < -0.4 is 10.6 Å². The second-order valence-electron chi connectivity index (χ2n) is 3.98. The lowest BCUT2D eigenvalue weighted by Gasteiger charge is -2.09. The number of benzene rings is 1. The lowest BCUT2D eigenvalue weighted by atomic mass is 10.2. The Hall–Kier alpha value is -2.75. The molecule has 0 fully saturated rings. The maximum atomic E-state index is 13.1. The first-order valence-electron chi connectivity index (χ1n) is 5.70. The third-order valence-electron chi connectivity index (χ3n) is 2.34. The summed E-state index contributed by atoms with van der Waals surface area (Å²) in [6.07, 6.45) is -1.83. The number of carbonyl (C=O) groups is 2. The number of nitrogens with one attached hydrogen (secondary N) is 2. The Morgan fingerprint density at radius 1 is 1.38 bits per heavy atom. The van der Waals surface area contributed by atoms with Gasteiger partial charge >= 0.3 is 12.0 Å². The highest BCUT2D eigenvalue weighted by molar-refractivity contribution is 5.89. The van der Waals surface area contributed by atoms with Gasteiger partial charge in [0, 0.05) is 19.0 Å². The summed E-state index contributed by atoms with van der Waals surface area (Å²) < 4.78 is 13.1. The van der Waals surface area contributed by atoms with E-state index in [2.05, 4.69) is 10.6 Å². The fourth-order valence-corrected chi connectivity index (χ4v) is 1.37. The van der Waals surface area contributed by atoms with Crippen LogP contribution in [0.3, 0.4) is 0 Å². The first kappa shape index (κ1) is 16.3. The van der Waals surface area contributed by atoms with Gasteiger partial charge in [-0.05, 0) is 6.07 Å². The highest BCUT2D eigenvalue weighted by Gasteiger charge is 2.14. The number of nitro benzene ring substituents is 1. The van der Waals surface area contributed by atoms with Crippen molar-refractivity contribution in [3.05, 3.63) is 34.1 Å². The summed E-state index contributed by atoms with van der Waals surface area (Å²) in [5.74, 6) is -2.31. The number of aliphatic hydroxyl groups excluding tert-OH is 1. The fourth-order valence-electron chi connectivity index (χ4n) is 1.37. The zero-order valence-corrected chi connectivity index (χ0v) is 10.6. The first-order chi connectivity index (χ1) is 9.79. The molecule has 0 heterocycles. The third-order valence-corrected chi connectivity index (χ3v) is 2.34. The normalized spacial score (nSPS) is 11.5. The van der Waals surface area contributed by atoms with Gasteiger partial charge in [-0.1, -0.05) is 0 Å². The van der Waals surface area contributed by atoms with E-state index in [1.807, 2.05) is 0 Å². The Labute approximate surface area is 117 Å². The lowest BCUT2D eigenvalue weighted by Crippen LogP contribution is -2.33. The highest BCUT2D eigenvalue weighted by atomic mass is 19.1. The molecule has 0 bridgehead atoms. The number of aliphatic hydroxyl groups is 1. The van der Waals surface area contributed by atoms with Crippen molar-refractivity contribution in [1.29, 1.82) is 0 Å². The van der Waals surface area contributed by atoms with Gasteiger partial charge in [-0.2, -0.15) is 0 Å². The van der Waals surface area contributed by atoms with Gasteiger partial charge in [-0.15, -0.1) is 0 Å². The first-order valence-corrected chi connectivity index (χ1v) is 5.70. The molecule has 1 aromatic carbocycles. The smallest absolute Gasteiger partial charge is 0.332 e. The monoisotopic (exact) mass is 301 g/mol. The van der Waals surface area contributed by atoms with Crippen molar-refractivity contribution < 1.29 is 29.1 Å². The maximum absolute atomic E-state index is 13.1. The predicted molar refractivity (Wildman–Crippen MR) is 68.3 cm³/mol. The summed E-state index contributed by atoms with van der Waals surface area (Å²) in [5.41, 5.74) is -0.649. The molecule has 9 nitrogen and oxygen atoms in total. The largest absolute Gasteiger partial charge is 0.479 e. The Bertz CT molecular complexity index is 565. The van der Waals surface area contributed by atoms with E-state index >= 15 is 0 Å². The van der Waals surface area contributed by atoms with E-state index in [0.29, 0.717) is 6.07 Å². The van der Waals surface area contributed by atoms with E-state index in [4.69, 9.17) is 10.2 Å². The summed E-state index contributed by atoms with van der Waals surface area (Å²) in [6, 6.07) is 1.74. The Morgan fingerprint density at radius 2 is 2.05 bits per heavy atom. The number of amides is 2. The number of carbonyl (C=O) groups excluding carboxylic acids is 1. The number of carboxylic acids is 1. The molecule has 0 saturated heterocycles. The molecular formula is C11H12FN3O6. The Balaban J connectivity index is 2.55. The number of hydrogen-bond acceptors (Lipinski definition) is 5. The van der Waals surface area contributed by atoms with Crippen LogP contribution in [0.4, 0.5) is 20.6 Å². The van der Waals surface area contributed by atoms with Crippen molar-refractivity contribution in [2.45, 2.75) is 12.5 Å². The van der Waals surface area contributed by atoms with Crippen LogP contribution in [0.25, 0.3) is 0 Å². The maximum Gasteiger partial charge on any atom is 0.332 e. The topological polar surface area (TPSA) is 142 Å². The summed E-state index contributed by atoms with van der Waals surface area (Å²) in [5, 5.41) is 32.3. The van der Waals surface area contributed by atoms with E-state index < -0.39 is 34.5 Å². The quantitative estimate of drug-likeness (QED) is 0.450. The van der Waals surface area contributed by atoms with Crippen molar-refractivity contribution in [1.82, 2.24) is 5.32 Å². The molecule has 1 aromatic rings. The molecule has 10 heteroatoms. The van der Waals surface area contributed by atoms with E-state index in [1.165, 1.54) is 0 Å². The molecule has 21 heavy (non-hydrogen) atoms. The van der Waals surface area contributed by atoms with E-state index in [-0.39, 0.29) is 18.7 Å². The molecule has 114 valence electrons. The third kappa shape index (κ3) is 5.40. The van der Waals surface area contributed by atoms with Crippen LogP contribution in [0, 0.1) is 15.9 Å². The summed E-state index contributed by atoms with van der Waals surface area (Å²) in [4.78, 5) is 31.5. The Morgan fingerprint density at radius 3 is 2.62 bits per heavy atom. The Kier molecular flexibility index (Phi) is 5.55. The SMILES string of the molecule is O=C(NCCC(O)C(=O)O)Nc1cc(F)cc([N+](=O)[O-])c1. The molecule has 0 spiro atoms. The summed E-state index contributed by atoms with van der Waals surface area (Å²) in [6.45, 7) is -0.142. The van der Waals surface area contributed by atoms with Crippen molar-refractivity contribution in [3.63, 3.8) is 0 Å². The average Bonchev–Trinajstić information content (AvgIpc) is 2.37. The number of anilines is 1. The van der Waals surface area contributed by atoms with Gasteiger partial charge in [0.05, 0.1) is 16.7 Å². The van der Waals surface area contributed by atoms with Crippen LogP contribution in [-0.4, -0.2) is 39.8 Å². The van der Waals surface area contributed by atoms with Crippen molar-refractivity contribution in [3.8, 4) is 0 Å². The van der Waals surface area contributed by atoms with Gasteiger partial charge in [-0.25, -0.2) is 14.0 Å². The van der Waals surface area contributed by atoms with Gasteiger partial charge in [0.1, 0.15) is 5.82 Å². The molecule has 1 rings (SSSR count). The number of rotatable bonds is 6. The van der Waals surface area contributed by atoms with Gasteiger partial charge < -0.3 is 20.8 Å². The molecule has 0 radical (unpaired) electrons. The molecule has 0 saturated carbocycles. The molecule has 2 amide bonds. The minimum atomic E-state index is -1.61. The molecular weight excluding hydrogens is 289 g/mol. The van der Waals surface area contributed by atoms with Gasteiger partial charge in [0.25, 0.3) is 5.69 Å². The molecule has 1 unspecified atom stereocenters. The summed E-state index contributed by atoms with van der Waals surface area (Å²) >= 11 is 0. The van der Waals surface area contributed by atoms with Crippen LogP contribution in [0.2, 0.25) is 0 Å². The van der Waals surface area contributed by atoms with Crippen LogP contribution in [0.5, 0.6) is 0 Å². The van der Waals surface area contributed by atoms with E-state index in [1.54, 1.807) is 0 Å². The predicted octanol–water partition coefficient (Wildman–Crippen LogP) is 0.691. The molecule has 0 aliphatic carbocycles. The number of hydrogen-bond donors (Lipinski definition) is 4. The zero-order chi connectivity index (χ0) is 16.0. The zero-order valence-electron chi connectivity index (χ0n) is 10.6. The molecule has 0 aromatic heterocycles. The standard InChI is InChI=1S/C11H12FN3O6/c12-6-3-7(5-8(4-6)15(20)21)14-11(19)13-2-1-9(16)10(17)18/h3-5,9,16H,1-2H2,(H,17,18)(H2,13,14,19). The molecule has 1 atom stereocenters. The number of nitrogens with zero attached hydrogens (tertiary/aromatic N) is 1. The number of aliphatic carboxylic acids is 1. The van der Waals surface area contributed by atoms with Crippen molar-refractivity contribution in [2.24, 2.45) is 0 Å². The average molecular weight is 301 g/mol. The van der Waals surface area contributed by atoms with Gasteiger partial charge in [0.15, 0.2) is 6.10 Å². The number of non-ortho nitro benzene ring substituents is 1. The molecule has 4 N–H and O–H groups in total. The van der Waals surface area contributed by atoms with E-state index in [0.717, 1.165) is 12.1 Å². The fraction of sp³-hybridized carbons (Fsp3) is 0.273. The van der Waals surface area contributed by atoms with Crippen molar-refractivity contribution in [2.75, 3.05) is 11.9 Å². The number of urea groups is 1. The molecule has 0 aliphatic heterocycles. The van der Waals surface area contributed by atoms with Crippen LogP contribution in [0.1, 0.15) is 6.42 Å². The number of nitro groups is 1. The van der Waals surface area contributed by atoms with Crippen molar-refractivity contribution >= 4 is 23.4 Å². The second-order valence-corrected chi connectivity index (χ2v) is 3.98. The van der Waals surface area contributed by atoms with E-state index in [9.17, 15) is 24.1 Å². The highest BCUT2D eigenvalue weighted by Crippen LogP contribution is 2.19. The summed E-state index contributed by atoms with van der Waals surface area (Å²) in [7, 11) is 0. The van der Waals surface area contributed by atoms with Gasteiger partial charge in [0.2, 0.25) is 0 Å². The van der Waals surface area contributed by atoms with Gasteiger partial charge in [-0.3, -0.25) is 10.1 Å². The van der Waals surface area contributed by atoms with Crippen LogP contribution >= 0.6 is 0 Å². The van der Waals surface area contributed by atoms with Crippen LogP contribution in [-0.2, 0) is 4.79 Å². The second kappa shape index (κ2) is 7.14. The molecule has 0 aliphatic rings. The minimum absolute atomic E-state index is 0.127. The number of halogens is 1. The minimum Gasteiger partial charge on any atom is -0.479 e. The van der Waals surface area contributed by atoms with Crippen LogP contribution in [0.15, 0.2) is 18.2 Å². The number of carboxylic acid groups (broad SMARTS) is 1.